The second-order valence-electron chi connectivity index (χ2n) is 5.15. The van der Waals surface area contributed by atoms with Crippen molar-refractivity contribution in [3.05, 3.63) is 35.1 Å². The highest BCUT2D eigenvalue weighted by Gasteiger charge is 2.21. The van der Waals surface area contributed by atoms with E-state index in [2.05, 4.69) is 0 Å². The Bertz CT molecular complexity index is 466. The molecule has 0 spiro atoms. The first-order chi connectivity index (χ1) is 9.20. The molecule has 0 heterocycles. The highest BCUT2D eigenvalue weighted by molar-refractivity contribution is 5.34. The summed E-state index contributed by atoms with van der Waals surface area (Å²) in [5.74, 6) is 0.366. The summed E-state index contributed by atoms with van der Waals surface area (Å²) in [5, 5.41) is 8.78. The fourth-order valence-corrected chi connectivity index (χ4v) is 1.91. The molecule has 1 saturated carbocycles. The molecule has 0 aliphatic heterocycles. The molecule has 102 valence electrons. The third-order valence-corrected chi connectivity index (χ3v) is 3.31. The number of rotatable bonds is 7. The van der Waals surface area contributed by atoms with Crippen molar-refractivity contribution in [2.75, 3.05) is 26.8 Å². The van der Waals surface area contributed by atoms with Crippen LogP contribution in [0.5, 0.6) is 0 Å². The van der Waals surface area contributed by atoms with Crippen LogP contribution in [0.25, 0.3) is 0 Å². The fraction of sp³-hybridized carbons (Fsp3) is 0.533. The Kier molecular flexibility index (Phi) is 4.89. The molecule has 0 bridgehead atoms. The average Bonchev–Trinajstić information content (AvgIpc) is 3.21. The van der Waals surface area contributed by atoms with Crippen molar-refractivity contribution < 1.29 is 9.13 Å². The predicted octanol–water partition coefficient (Wildman–Crippen LogP) is 2.56. The van der Waals surface area contributed by atoms with Crippen molar-refractivity contribution in [2.45, 2.75) is 19.4 Å². The first-order valence-electron chi connectivity index (χ1n) is 6.64. The van der Waals surface area contributed by atoms with E-state index < -0.39 is 5.82 Å². The SMILES string of the molecule is CN(CCOCC1CC1)Cc1cccc(C#N)c1F. The Morgan fingerprint density at radius 1 is 1.47 bits per heavy atom. The Labute approximate surface area is 113 Å². The minimum absolute atomic E-state index is 0.107. The number of halogens is 1. The lowest BCUT2D eigenvalue weighted by molar-refractivity contribution is 0.101. The first kappa shape index (κ1) is 14.0. The van der Waals surface area contributed by atoms with Crippen molar-refractivity contribution >= 4 is 0 Å². The van der Waals surface area contributed by atoms with Crippen LogP contribution in [0.3, 0.4) is 0 Å². The van der Waals surface area contributed by atoms with Gasteiger partial charge in [0.25, 0.3) is 0 Å². The van der Waals surface area contributed by atoms with Crippen LogP contribution in [0.2, 0.25) is 0 Å². The van der Waals surface area contributed by atoms with Gasteiger partial charge in [0.05, 0.1) is 12.2 Å². The molecule has 0 aromatic heterocycles. The molecular formula is C15H19FN2O. The lowest BCUT2D eigenvalue weighted by Gasteiger charge is -2.17. The van der Waals surface area contributed by atoms with E-state index in [1.165, 1.54) is 18.9 Å². The molecule has 3 nitrogen and oxygen atoms in total. The quantitative estimate of drug-likeness (QED) is 0.709. The summed E-state index contributed by atoms with van der Waals surface area (Å²) in [6.07, 6.45) is 2.59. The molecule has 0 amide bonds. The summed E-state index contributed by atoms with van der Waals surface area (Å²) in [4.78, 5) is 2.01. The van der Waals surface area contributed by atoms with Crippen LogP contribution in [0.4, 0.5) is 4.39 Å². The van der Waals surface area contributed by atoms with Gasteiger partial charge in [-0.3, -0.25) is 4.90 Å². The van der Waals surface area contributed by atoms with Crippen molar-refractivity contribution in [1.82, 2.24) is 4.90 Å². The van der Waals surface area contributed by atoms with Crippen molar-refractivity contribution in [1.29, 1.82) is 5.26 Å². The second-order valence-corrected chi connectivity index (χ2v) is 5.15. The van der Waals surface area contributed by atoms with E-state index in [1.807, 2.05) is 18.0 Å². The Morgan fingerprint density at radius 2 is 2.26 bits per heavy atom. The number of hydrogen-bond donors (Lipinski definition) is 0. The van der Waals surface area contributed by atoms with Gasteiger partial charge in [0.2, 0.25) is 0 Å². The minimum Gasteiger partial charge on any atom is -0.380 e. The summed E-state index contributed by atoms with van der Waals surface area (Å²) < 4.78 is 19.4. The van der Waals surface area contributed by atoms with Crippen molar-refractivity contribution in [2.24, 2.45) is 5.92 Å². The maximum Gasteiger partial charge on any atom is 0.145 e. The third kappa shape index (κ3) is 4.30. The average molecular weight is 262 g/mol. The van der Waals surface area contributed by atoms with Crippen molar-refractivity contribution in [3.63, 3.8) is 0 Å². The van der Waals surface area contributed by atoms with Gasteiger partial charge in [0, 0.05) is 25.3 Å². The summed E-state index contributed by atoms with van der Waals surface area (Å²) >= 11 is 0. The van der Waals surface area contributed by atoms with Crippen molar-refractivity contribution in [3.8, 4) is 6.07 Å². The molecule has 1 aromatic rings. The summed E-state index contributed by atoms with van der Waals surface area (Å²) in [6.45, 7) is 2.79. The maximum atomic E-state index is 13.9. The van der Waals surface area contributed by atoms with Gasteiger partial charge in [-0.05, 0) is 31.9 Å². The van der Waals surface area contributed by atoms with Gasteiger partial charge in [-0.25, -0.2) is 4.39 Å². The zero-order chi connectivity index (χ0) is 13.7. The van der Waals surface area contributed by atoms with Gasteiger partial charge in [0.1, 0.15) is 11.9 Å². The summed E-state index contributed by atoms with van der Waals surface area (Å²) in [5.41, 5.74) is 0.666. The molecule has 19 heavy (non-hydrogen) atoms. The molecule has 1 fully saturated rings. The van der Waals surface area contributed by atoms with Crippen LogP contribution < -0.4 is 0 Å². The van der Waals surface area contributed by atoms with Crippen LogP contribution in [0, 0.1) is 23.1 Å². The van der Waals surface area contributed by atoms with Crippen LogP contribution in [0.1, 0.15) is 24.0 Å². The Hall–Kier alpha value is -1.44. The maximum absolute atomic E-state index is 13.9. The number of nitrogens with zero attached hydrogens (tertiary/aromatic N) is 2. The molecule has 0 atom stereocenters. The van der Waals surface area contributed by atoms with Gasteiger partial charge >= 0.3 is 0 Å². The number of hydrogen-bond acceptors (Lipinski definition) is 3. The van der Waals surface area contributed by atoms with Gasteiger partial charge in [0.15, 0.2) is 0 Å². The van der Waals surface area contributed by atoms with Crippen LogP contribution >= 0.6 is 0 Å². The van der Waals surface area contributed by atoms with Gasteiger partial charge in [-0.2, -0.15) is 5.26 Å². The summed E-state index contributed by atoms with van der Waals surface area (Å²) in [6, 6.07) is 6.80. The molecule has 0 unspecified atom stereocenters. The number of ether oxygens (including phenoxy) is 1. The molecule has 1 aliphatic carbocycles. The van der Waals surface area contributed by atoms with E-state index in [9.17, 15) is 4.39 Å². The first-order valence-corrected chi connectivity index (χ1v) is 6.64. The van der Waals surface area contributed by atoms with E-state index >= 15 is 0 Å². The van der Waals surface area contributed by atoms with E-state index in [-0.39, 0.29) is 5.56 Å². The number of benzene rings is 1. The smallest absolute Gasteiger partial charge is 0.145 e. The highest BCUT2D eigenvalue weighted by atomic mass is 19.1. The second kappa shape index (κ2) is 6.65. The van der Waals surface area contributed by atoms with Gasteiger partial charge in [-0.1, -0.05) is 12.1 Å². The normalized spacial score (nSPS) is 14.6. The van der Waals surface area contributed by atoms with E-state index in [0.29, 0.717) is 18.7 Å². The lowest BCUT2D eigenvalue weighted by Crippen LogP contribution is -2.23. The molecule has 4 heteroatoms. The molecular weight excluding hydrogens is 243 g/mol. The minimum atomic E-state index is -0.407. The standard InChI is InChI=1S/C15H19FN2O/c1-18(7-8-19-11-12-5-6-12)10-14-4-2-3-13(9-17)15(14)16/h2-4,12H,5-8,10-11H2,1H3. The molecule has 2 rings (SSSR count). The Morgan fingerprint density at radius 3 is 2.95 bits per heavy atom. The van der Waals surface area contributed by atoms with E-state index in [0.717, 1.165) is 19.1 Å². The van der Waals surface area contributed by atoms with Gasteiger partial charge in [-0.15, -0.1) is 0 Å². The van der Waals surface area contributed by atoms with Crippen LogP contribution in [-0.2, 0) is 11.3 Å². The lowest BCUT2D eigenvalue weighted by atomic mass is 10.1. The number of likely N-dealkylation sites (N-methyl/N-ethyl adjacent to an activating group) is 1. The molecule has 0 saturated heterocycles. The van der Waals surface area contributed by atoms with Gasteiger partial charge < -0.3 is 4.74 Å². The topological polar surface area (TPSA) is 36.3 Å². The van der Waals surface area contributed by atoms with Crippen LogP contribution in [0.15, 0.2) is 18.2 Å². The third-order valence-electron chi connectivity index (χ3n) is 3.31. The fourth-order valence-electron chi connectivity index (χ4n) is 1.91. The Balaban J connectivity index is 1.77. The zero-order valence-electron chi connectivity index (χ0n) is 11.2. The molecule has 0 N–H and O–H groups in total. The molecule has 0 radical (unpaired) electrons. The van der Waals surface area contributed by atoms with E-state index in [1.54, 1.807) is 12.1 Å². The summed E-state index contributed by atoms with van der Waals surface area (Å²) in [7, 11) is 1.93. The van der Waals surface area contributed by atoms with Crippen LogP contribution in [-0.4, -0.2) is 31.7 Å². The zero-order valence-corrected chi connectivity index (χ0v) is 11.2. The number of nitriles is 1. The van der Waals surface area contributed by atoms with E-state index in [4.69, 9.17) is 10.00 Å². The highest BCUT2D eigenvalue weighted by Crippen LogP contribution is 2.28. The predicted molar refractivity (Wildman–Crippen MR) is 71.0 cm³/mol. The monoisotopic (exact) mass is 262 g/mol. The largest absolute Gasteiger partial charge is 0.380 e. The molecule has 1 aliphatic rings. The molecule has 1 aromatic carbocycles.